The van der Waals surface area contributed by atoms with Crippen molar-refractivity contribution < 1.29 is 9.90 Å². The molecule has 0 saturated carbocycles. The van der Waals surface area contributed by atoms with E-state index in [2.05, 4.69) is 41.4 Å². The number of benzene rings is 1. The number of rotatable bonds is 5. The lowest BCUT2D eigenvalue weighted by molar-refractivity contribution is 0.135. The van der Waals surface area contributed by atoms with Crippen LogP contribution in [0, 0.1) is 0 Å². The van der Waals surface area contributed by atoms with Crippen molar-refractivity contribution in [3.8, 4) is 0 Å². The molecule has 1 aliphatic rings. The van der Waals surface area contributed by atoms with Gasteiger partial charge >= 0.3 is 6.03 Å². The number of amides is 2. The monoisotopic (exact) mass is 319 g/mol. The highest BCUT2D eigenvalue weighted by Gasteiger charge is 2.25. The minimum absolute atomic E-state index is 0.0169. The third kappa shape index (κ3) is 4.69. The summed E-state index contributed by atoms with van der Waals surface area (Å²) < 4.78 is 0. The van der Waals surface area contributed by atoms with Crippen molar-refractivity contribution in [1.29, 1.82) is 0 Å². The molecule has 0 aliphatic carbocycles. The zero-order valence-corrected chi connectivity index (χ0v) is 14.4. The highest BCUT2D eigenvalue weighted by molar-refractivity contribution is 5.74. The number of nitrogens with one attached hydrogen (secondary N) is 1. The first kappa shape index (κ1) is 17.8. The Balaban J connectivity index is 1.81. The van der Waals surface area contributed by atoms with Crippen LogP contribution >= 0.6 is 0 Å². The van der Waals surface area contributed by atoms with Gasteiger partial charge < -0.3 is 15.3 Å². The molecule has 128 valence electrons. The van der Waals surface area contributed by atoms with Crippen LogP contribution in [0.4, 0.5) is 4.79 Å². The Morgan fingerprint density at radius 2 is 1.91 bits per heavy atom. The average Bonchev–Trinajstić information content (AvgIpc) is 2.61. The Morgan fingerprint density at radius 3 is 2.48 bits per heavy atom. The number of aliphatic hydroxyl groups excluding tert-OH is 1. The molecule has 1 aliphatic heterocycles. The molecule has 2 rings (SSSR count). The normalized spacial score (nSPS) is 19.1. The van der Waals surface area contributed by atoms with Gasteiger partial charge in [-0.15, -0.1) is 0 Å². The average molecular weight is 319 g/mol. The summed E-state index contributed by atoms with van der Waals surface area (Å²) in [7, 11) is 1.73. The van der Waals surface area contributed by atoms with Gasteiger partial charge in [-0.3, -0.25) is 4.90 Å². The number of hydrogen-bond acceptors (Lipinski definition) is 3. The third-order valence-corrected chi connectivity index (χ3v) is 4.93. The maximum absolute atomic E-state index is 12.1. The van der Waals surface area contributed by atoms with Crippen molar-refractivity contribution in [3.05, 3.63) is 35.9 Å². The van der Waals surface area contributed by atoms with E-state index in [1.54, 1.807) is 11.9 Å². The molecule has 23 heavy (non-hydrogen) atoms. The molecule has 0 spiro atoms. The molecular weight excluding hydrogens is 290 g/mol. The molecule has 1 heterocycles. The summed E-state index contributed by atoms with van der Waals surface area (Å²) in [6.45, 7) is 6.03. The van der Waals surface area contributed by atoms with Gasteiger partial charge in [0.25, 0.3) is 0 Å². The van der Waals surface area contributed by atoms with Gasteiger partial charge in [-0.25, -0.2) is 4.79 Å². The molecule has 5 nitrogen and oxygen atoms in total. The SMILES string of the molecule is CC(c1ccccc1)N1CCC(NC(=O)N(C)C(C)CO)CC1. The predicted octanol–water partition coefficient (Wildman–Crippen LogP) is 2.23. The number of carbonyl (C=O) groups is 1. The second kappa shape index (κ2) is 8.31. The second-order valence-electron chi connectivity index (χ2n) is 6.49. The fourth-order valence-electron chi connectivity index (χ4n) is 2.97. The number of piperidine rings is 1. The topological polar surface area (TPSA) is 55.8 Å². The van der Waals surface area contributed by atoms with Crippen LogP contribution in [-0.4, -0.2) is 59.8 Å². The van der Waals surface area contributed by atoms with E-state index in [1.807, 2.05) is 13.0 Å². The third-order valence-electron chi connectivity index (χ3n) is 4.93. The quantitative estimate of drug-likeness (QED) is 0.875. The molecule has 5 heteroatoms. The lowest BCUT2D eigenvalue weighted by atomic mass is 10.0. The first-order valence-corrected chi connectivity index (χ1v) is 8.46. The van der Waals surface area contributed by atoms with Crippen LogP contribution in [-0.2, 0) is 0 Å². The first-order chi connectivity index (χ1) is 11.0. The van der Waals surface area contributed by atoms with Crippen molar-refractivity contribution >= 4 is 6.03 Å². The number of likely N-dealkylation sites (N-methyl/N-ethyl adjacent to an activating group) is 1. The van der Waals surface area contributed by atoms with E-state index < -0.39 is 0 Å². The van der Waals surface area contributed by atoms with Crippen LogP contribution in [0.15, 0.2) is 30.3 Å². The molecule has 2 unspecified atom stereocenters. The Labute approximate surface area is 139 Å². The van der Waals surface area contributed by atoms with Crippen molar-refractivity contribution in [1.82, 2.24) is 15.1 Å². The summed E-state index contributed by atoms with van der Waals surface area (Å²) in [5.41, 5.74) is 1.34. The highest BCUT2D eigenvalue weighted by atomic mass is 16.3. The summed E-state index contributed by atoms with van der Waals surface area (Å²) in [4.78, 5) is 16.2. The summed E-state index contributed by atoms with van der Waals surface area (Å²) in [6, 6.07) is 10.9. The minimum Gasteiger partial charge on any atom is -0.394 e. The summed E-state index contributed by atoms with van der Waals surface area (Å²) in [5.74, 6) is 0. The molecular formula is C18H29N3O2. The number of carbonyl (C=O) groups excluding carboxylic acids is 1. The van der Waals surface area contributed by atoms with Gasteiger partial charge in [0, 0.05) is 32.2 Å². The van der Waals surface area contributed by atoms with Crippen LogP contribution in [0.25, 0.3) is 0 Å². The number of hydrogen-bond donors (Lipinski definition) is 2. The van der Waals surface area contributed by atoms with Crippen LogP contribution in [0.5, 0.6) is 0 Å². The molecule has 1 fully saturated rings. The maximum atomic E-state index is 12.1. The molecule has 1 aromatic rings. The Hall–Kier alpha value is -1.59. The molecule has 2 atom stereocenters. The molecule has 2 amide bonds. The Morgan fingerprint density at radius 1 is 1.30 bits per heavy atom. The van der Waals surface area contributed by atoms with Crippen molar-refractivity contribution in [2.45, 2.75) is 44.8 Å². The molecule has 0 bridgehead atoms. The molecule has 0 radical (unpaired) electrons. The van der Waals surface area contributed by atoms with Crippen LogP contribution < -0.4 is 5.32 Å². The Bertz CT molecular complexity index is 486. The van der Waals surface area contributed by atoms with Gasteiger partial charge in [0.2, 0.25) is 0 Å². The van der Waals surface area contributed by atoms with Gasteiger partial charge in [0.15, 0.2) is 0 Å². The van der Waals surface area contributed by atoms with Crippen molar-refractivity contribution in [2.24, 2.45) is 0 Å². The summed E-state index contributed by atoms with van der Waals surface area (Å²) in [5, 5.41) is 12.2. The van der Waals surface area contributed by atoms with Gasteiger partial charge in [0.05, 0.1) is 12.6 Å². The van der Waals surface area contributed by atoms with Gasteiger partial charge in [-0.1, -0.05) is 30.3 Å². The van der Waals surface area contributed by atoms with Gasteiger partial charge in [-0.05, 0) is 32.3 Å². The molecule has 2 N–H and O–H groups in total. The zero-order valence-electron chi connectivity index (χ0n) is 14.4. The predicted molar refractivity (Wildman–Crippen MR) is 92.3 cm³/mol. The largest absolute Gasteiger partial charge is 0.394 e. The maximum Gasteiger partial charge on any atom is 0.317 e. The number of urea groups is 1. The van der Waals surface area contributed by atoms with Crippen LogP contribution in [0.2, 0.25) is 0 Å². The van der Waals surface area contributed by atoms with E-state index in [0.717, 1.165) is 25.9 Å². The van der Waals surface area contributed by atoms with E-state index in [4.69, 9.17) is 5.11 Å². The first-order valence-electron chi connectivity index (χ1n) is 8.46. The van der Waals surface area contributed by atoms with Gasteiger partial charge in [-0.2, -0.15) is 0 Å². The fraction of sp³-hybridized carbons (Fsp3) is 0.611. The molecule has 0 aromatic heterocycles. The Kier molecular flexibility index (Phi) is 6.42. The van der Waals surface area contributed by atoms with Crippen LogP contribution in [0.3, 0.4) is 0 Å². The van der Waals surface area contributed by atoms with Crippen LogP contribution in [0.1, 0.15) is 38.3 Å². The number of aliphatic hydroxyl groups is 1. The minimum atomic E-state index is -0.159. The van der Waals surface area contributed by atoms with Gasteiger partial charge in [0.1, 0.15) is 0 Å². The number of nitrogens with zero attached hydrogens (tertiary/aromatic N) is 2. The lowest BCUT2D eigenvalue weighted by Gasteiger charge is -2.37. The zero-order chi connectivity index (χ0) is 16.8. The van der Waals surface area contributed by atoms with E-state index in [1.165, 1.54) is 5.56 Å². The van der Waals surface area contributed by atoms with Crippen molar-refractivity contribution in [2.75, 3.05) is 26.7 Å². The highest BCUT2D eigenvalue weighted by Crippen LogP contribution is 2.24. The van der Waals surface area contributed by atoms with E-state index >= 15 is 0 Å². The van der Waals surface area contributed by atoms with Crippen molar-refractivity contribution in [3.63, 3.8) is 0 Å². The lowest BCUT2D eigenvalue weighted by Crippen LogP contribution is -2.51. The second-order valence-corrected chi connectivity index (χ2v) is 6.49. The van der Waals surface area contributed by atoms with E-state index in [0.29, 0.717) is 6.04 Å². The summed E-state index contributed by atoms with van der Waals surface area (Å²) >= 11 is 0. The molecule has 1 saturated heterocycles. The standard InChI is InChI=1S/C18H29N3O2/c1-14(13-22)20(3)18(23)19-17-9-11-21(12-10-17)15(2)16-7-5-4-6-8-16/h4-8,14-15,17,22H,9-13H2,1-3H3,(H,19,23). The molecule has 1 aromatic carbocycles. The van der Waals surface area contributed by atoms with E-state index in [9.17, 15) is 4.79 Å². The smallest absolute Gasteiger partial charge is 0.317 e. The summed E-state index contributed by atoms with van der Waals surface area (Å²) in [6.07, 6.45) is 1.93. The number of likely N-dealkylation sites (tertiary alicyclic amines) is 1. The van der Waals surface area contributed by atoms with E-state index in [-0.39, 0.29) is 24.7 Å². The fourth-order valence-corrected chi connectivity index (χ4v) is 2.97.